The van der Waals surface area contributed by atoms with Crippen LogP contribution in [0.25, 0.3) is 11.1 Å². The molecule has 3 aromatic rings. The Labute approximate surface area is 181 Å². The van der Waals surface area contributed by atoms with Crippen LogP contribution in [0, 0.1) is 0 Å². The number of hydrogen-bond acceptors (Lipinski definition) is 5. The van der Waals surface area contributed by atoms with E-state index in [0.717, 1.165) is 42.7 Å². The third-order valence-corrected chi connectivity index (χ3v) is 5.42. The lowest BCUT2D eigenvalue weighted by atomic mass is 10.1. The Kier molecular flexibility index (Phi) is 6.12. The maximum atomic E-state index is 13.1. The molecule has 7 nitrogen and oxygen atoms in total. The quantitative estimate of drug-likeness (QED) is 0.252. The molecule has 2 aromatic carbocycles. The Morgan fingerprint density at radius 3 is 2.52 bits per heavy atom. The van der Waals surface area contributed by atoms with Crippen molar-refractivity contribution in [1.29, 1.82) is 0 Å². The average molecular weight is 415 g/mol. The molecule has 1 amide bonds. The van der Waals surface area contributed by atoms with Gasteiger partial charge in [-0.3, -0.25) is 9.78 Å². The predicted octanol–water partition coefficient (Wildman–Crippen LogP) is 4.09. The van der Waals surface area contributed by atoms with E-state index in [1.807, 2.05) is 48.5 Å². The standard InChI is InChI=1S/C24H25N5O2/c25-23(28-31)22-21(15-19(16-26-22)17-8-3-1-4-9-17)27-24(30)18-10-7-11-20(14-18)29-12-5-2-6-13-29/h1,3-4,7-11,14-16,31H,2,5-6,12-13H2,(H2,25,28)(H,27,30). The number of oxime groups is 1. The Hall–Kier alpha value is -3.87. The van der Waals surface area contributed by atoms with Gasteiger partial charge in [0.25, 0.3) is 5.91 Å². The Morgan fingerprint density at radius 2 is 1.77 bits per heavy atom. The first-order valence-corrected chi connectivity index (χ1v) is 10.4. The van der Waals surface area contributed by atoms with E-state index in [9.17, 15) is 4.79 Å². The van der Waals surface area contributed by atoms with Gasteiger partial charge in [0, 0.05) is 36.1 Å². The lowest BCUT2D eigenvalue weighted by Crippen LogP contribution is -2.29. The number of aromatic nitrogens is 1. The van der Waals surface area contributed by atoms with E-state index in [1.165, 1.54) is 6.42 Å². The topological polar surface area (TPSA) is 104 Å². The van der Waals surface area contributed by atoms with Crippen molar-refractivity contribution in [3.63, 3.8) is 0 Å². The second-order valence-corrected chi connectivity index (χ2v) is 7.52. The van der Waals surface area contributed by atoms with E-state index >= 15 is 0 Å². The van der Waals surface area contributed by atoms with Crippen molar-refractivity contribution in [2.24, 2.45) is 10.9 Å². The van der Waals surface area contributed by atoms with Gasteiger partial charge in [-0.15, -0.1) is 0 Å². The zero-order valence-electron chi connectivity index (χ0n) is 17.2. The molecular weight excluding hydrogens is 390 g/mol. The van der Waals surface area contributed by atoms with Gasteiger partial charge in [-0.05, 0) is 49.1 Å². The summed E-state index contributed by atoms with van der Waals surface area (Å²) in [6, 6.07) is 19.1. The average Bonchev–Trinajstić information content (AvgIpc) is 2.84. The normalized spacial score (nSPS) is 14.3. The van der Waals surface area contributed by atoms with Gasteiger partial charge in [-0.25, -0.2) is 0 Å². The largest absolute Gasteiger partial charge is 0.409 e. The van der Waals surface area contributed by atoms with Crippen LogP contribution >= 0.6 is 0 Å². The van der Waals surface area contributed by atoms with Crippen molar-refractivity contribution in [2.75, 3.05) is 23.3 Å². The van der Waals surface area contributed by atoms with Crippen molar-refractivity contribution in [3.8, 4) is 11.1 Å². The maximum Gasteiger partial charge on any atom is 0.255 e. The van der Waals surface area contributed by atoms with Crippen LogP contribution in [0.1, 0.15) is 35.3 Å². The Balaban J connectivity index is 1.63. The van der Waals surface area contributed by atoms with E-state index in [1.54, 1.807) is 18.3 Å². The molecule has 0 aliphatic carbocycles. The van der Waals surface area contributed by atoms with Crippen LogP contribution in [0.2, 0.25) is 0 Å². The van der Waals surface area contributed by atoms with Crippen LogP contribution in [-0.4, -0.2) is 35.0 Å². The highest BCUT2D eigenvalue weighted by Crippen LogP contribution is 2.25. The second-order valence-electron chi connectivity index (χ2n) is 7.52. The summed E-state index contributed by atoms with van der Waals surface area (Å²) in [6.45, 7) is 2.00. The number of nitrogens with two attached hydrogens (primary N) is 1. The summed E-state index contributed by atoms with van der Waals surface area (Å²) in [5, 5.41) is 15.1. The number of carbonyl (C=O) groups is 1. The van der Waals surface area contributed by atoms with Gasteiger partial charge >= 0.3 is 0 Å². The van der Waals surface area contributed by atoms with Crippen molar-refractivity contribution < 1.29 is 10.0 Å². The van der Waals surface area contributed by atoms with Crippen LogP contribution in [0.5, 0.6) is 0 Å². The molecule has 0 radical (unpaired) electrons. The molecule has 0 atom stereocenters. The molecular formula is C24H25N5O2. The summed E-state index contributed by atoms with van der Waals surface area (Å²) in [5.41, 5.74) is 9.73. The molecule has 4 rings (SSSR count). The molecule has 0 unspecified atom stereocenters. The molecule has 158 valence electrons. The summed E-state index contributed by atoms with van der Waals surface area (Å²) in [6.07, 6.45) is 5.21. The van der Waals surface area contributed by atoms with Crippen molar-refractivity contribution in [1.82, 2.24) is 4.98 Å². The zero-order chi connectivity index (χ0) is 21.6. The monoisotopic (exact) mass is 415 g/mol. The Bertz CT molecular complexity index is 1090. The third-order valence-electron chi connectivity index (χ3n) is 5.42. The summed E-state index contributed by atoms with van der Waals surface area (Å²) in [4.78, 5) is 19.7. The minimum Gasteiger partial charge on any atom is -0.409 e. The summed E-state index contributed by atoms with van der Waals surface area (Å²) >= 11 is 0. The van der Waals surface area contributed by atoms with E-state index in [2.05, 4.69) is 20.4 Å². The first-order valence-electron chi connectivity index (χ1n) is 10.4. The molecule has 2 heterocycles. The summed E-state index contributed by atoms with van der Waals surface area (Å²) in [7, 11) is 0. The number of nitrogens with one attached hydrogen (secondary N) is 1. The van der Waals surface area contributed by atoms with Crippen molar-refractivity contribution >= 4 is 23.1 Å². The fraction of sp³-hybridized carbons (Fsp3) is 0.208. The van der Waals surface area contributed by atoms with Crippen LogP contribution in [0.15, 0.2) is 72.0 Å². The molecule has 7 heteroatoms. The van der Waals surface area contributed by atoms with Crippen molar-refractivity contribution in [3.05, 3.63) is 78.1 Å². The van der Waals surface area contributed by atoms with Crippen LogP contribution in [-0.2, 0) is 0 Å². The highest BCUT2D eigenvalue weighted by atomic mass is 16.4. The van der Waals surface area contributed by atoms with Crippen LogP contribution in [0.3, 0.4) is 0 Å². The smallest absolute Gasteiger partial charge is 0.255 e. The number of nitrogens with zero attached hydrogens (tertiary/aromatic N) is 3. The van der Waals surface area contributed by atoms with Gasteiger partial charge in [0.1, 0.15) is 5.69 Å². The van der Waals surface area contributed by atoms with Gasteiger partial charge in [-0.2, -0.15) is 0 Å². The van der Waals surface area contributed by atoms with E-state index in [-0.39, 0.29) is 17.4 Å². The first-order chi connectivity index (χ1) is 15.2. The molecule has 31 heavy (non-hydrogen) atoms. The highest BCUT2D eigenvalue weighted by Gasteiger charge is 2.17. The first kappa shape index (κ1) is 20.4. The number of rotatable bonds is 5. The lowest BCUT2D eigenvalue weighted by Gasteiger charge is -2.29. The lowest BCUT2D eigenvalue weighted by molar-refractivity contribution is 0.102. The number of amides is 1. The van der Waals surface area contributed by atoms with E-state index < -0.39 is 0 Å². The number of carbonyl (C=O) groups excluding carboxylic acids is 1. The fourth-order valence-electron chi connectivity index (χ4n) is 3.79. The predicted molar refractivity (Wildman–Crippen MR) is 123 cm³/mol. The molecule has 0 spiro atoms. The number of pyridine rings is 1. The third kappa shape index (κ3) is 4.66. The van der Waals surface area contributed by atoms with Crippen LogP contribution in [0.4, 0.5) is 11.4 Å². The second kappa shape index (κ2) is 9.30. The molecule has 1 aliphatic rings. The molecule has 4 N–H and O–H groups in total. The SMILES string of the molecule is N/C(=N\O)c1ncc(-c2ccccc2)cc1NC(=O)c1cccc(N2CCCCC2)c1. The van der Waals surface area contributed by atoms with Gasteiger partial charge in [0.05, 0.1) is 5.69 Å². The molecule has 1 fully saturated rings. The fourth-order valence-corrected chi connectivity index (χ4v) is 3.79. The zero-order valence-corrected chi connectivity index (χ0v) is 17.2. The highest BCUT2D eigenvalue weighted by molar-refractivity contribution is 6.09. The number of piperidine rings is 1. The molecule has 0 bridgehead atoms. The van der Waals surface area contributed by atoms with Gasteiger partial charge in [-0.1, -0.05) is 41.6 Å². The Morgan fingerprint density at radius 1 is 1.00 bits per heavy atom. The number of hydrogen-bond donors (Lipinski definition) is 3. The number of benzene rings is 2. The maximum absolute atomic E-state index is 13.1. The van der Waals surface area contributed by atoms with Gasteiger partial charge in [0.2, 0.25) is 0 Å². The number of amidine groups is 1. The number of anilines is 2. The molecule has 1 aliphatic heterocycles. The van der Waals surface area contributed by atoms with E-state index in [4.69, 9.17) is 10.9 Å². The minimum absolute atomic E-state index is 0.169. The summed E-state index contributed by atoms with van der Waals surface area (Å²) in [5.74, 6) is -0.449. The van der Waals surface area contributed by atoms with Crippen LogP contribution < -0.4 is 16.0 Å². The van der Waals surface area contributed by atoms with E-state index in [0.29, 0.717) is 11.3 Å². The van der Waals surface area contributed by atoms with Crippen molar-refractivity contribution in [2.45, 2.75) is 19.3 Å². The van der Waals surface area contributed by atoms with Gasteiger partial charge in [0.15, 0.2) is 5.84 Å². The molecule has 1 aromatic heterocycles. The summed E-state index contributed by atoms with van der Waals surface area (Å²) < 4.78 is 0. The minimum atomic E-state index is -0.280. The molecule has 0 saturated carbocycles. The van der Waals surface area contributed by atoms with Gasteiger partial charge < -0.3 is 21.2 Å². The molecule has 1 saturated heterocycles.